The van der Waals surface area contributed by atoms with Crippen LogP contribution in [0.25, 0.3) is 0 Å². The van der Waals surface area contributed by atoms with Gasteiger partial charge in [-0.25, -0.2) is 4.39 Å². The molecular formula is C10H11F4N. The molecule has 0 saturated carbocycles. The van der Waals surface area contributed by atoms with E-state index in [1.807, 2.05) is 0 Å². The zero-order chi connectivity index (χ0) is 11.6. The zero-order valence-electron chi connectivity index (χ0n) is 8.11. The molecule has 0 heterocycles. The Morgan fingerprint density at radius 2 is 1.93 bits per heavy atom. The number of rotatable bonds is 2. The summed E-state index contributed by atoms with van der Waals surface area (Å²) in [4.78, 5) is 0. The average molecular weight is 221 g/mol. The Morgan fingerprint density at radius 1 is 1.33 bits per heavy atom. The molecule has 0 radical (unpaired) electrons. The molecule has 1 atom stereocenters. The lowest BCUT2D eigenvalue weighted by Gasteiger charge is -2.12. The van der Waals surface area contributed by atoms with Gasteiger partial charge in [-0.2, -0.15) is 13.2 Å². The van der Waals surface area contributed by atoms with Crippen LogP contribution in [0.1, 0.15) is 18.1 Å². The highest BCUT2D eigenvalue weighted by molar-refractivity contribution is 5.28. The first-order valence-corrected chi connectivity index (χ1v) is 4.42. The molecule has 1 aromatic rings. The van der Waals surface area contributed by atoms with Crippen LogP contribution >= 0.6 is 0 Å². The third-order valence-corrected chi connectivity index (χ3v) is 1.93. The van der Waals surface area contributed by atoms with Crippen molar-refractivity contribution in [1.82, 2.24) is 0 Å². The summed E-state index contributed by atoms with van der Waals surface area (Å²) < 4.78 is 50.2. The summed E-state index contributed by atoms with van der Waals surface area (Å²) in [5.74, 6) is -1.22. The highest BCUT2D eigenvalue weighted by atomic mass is 19.4. The van der Waals surface area contributed by atoms with Crippen LogP contribution in [0.15, 0.2) is 18.2 Å². The van der Waals surface area contributed by atoms with Gasteiger partial charge in [0.15, 0.2) is 0 Å². The smallest absolute Gasteiger partial charge is 0.328 e. The van der Waals surface area contributed by atoms with Crippen LogP contribution in [-0.4, -0.2) is 6.04 Å². The van der Waals surface area contributed by atoms with Gasteiger partial charge < -0.3 is 5.73 Å². The summed E-state index contributed by atoms with van der Waals surface area (Å²) in [7, 11) is 0. The molecule has 0 saturated heterocycles. The fraction of sp³-hybridized carbons (Fsp3) is 0.400. The molecular weight excluding hydrogens is 210 g/mol. The number of halogens is 4. The lowest BCUT2D eigenvalue weighted by atomic mass is 10.0. The van der Waals surface area contributed by atoms with Gasteiger partial charge in [0.05, 0.1) is 5.56 Å². The molecule has 0 bridgehead atoms. The van der Waals surface area contributed by atoms with Crippen LogP contribution in [0.4, 0.5) is 17.6 Å². The molecule has 0 aliphatic carbocycles. The molecule has 0 aliphatic heterocycles. The third kappa shape index (κ3) is 2.92. The van der Waals surface area contributed by atoms with Crippen molar-refractivity contribution < 1.29 is 17.6 Å². The Balaban J connectivity index is 3.12. The molecule has 2 N–H and O–H groups in total. The van der Waals surface area contributed by atoms with Crippen molar-refractivity contribution in [3.63, 3.8) is 0 Å². The van der Waals surface area contributed by atoms with Crippen LogP contribution in [0.3, 0.4) is 0 Å². The van der Waals surface area contributed by atoms with Gasteiger partial charge in [-0.15, -0.1) is 0 Å². The molecule has 0 aliphatic rings. The first kappa shape index (κ1) is 12.0. The molecule has 0 amide bonds. The maximum absolute atomic E-state index is 13.4. The molecule has 0 unspecified atom stereocenters. The summed E-state index contributed by atoms with van der Waals surface area (Å²) in [6, 6.07) is 2.85. The van der Waals surface area contributed by atoms with Crippen LogP contribution in [0.2, 0.25) is 0 Å². The maximum atomic E-state index is 13.4. The molecule has 0 aromatic heterocycles. The predicted octanol–water partition coefficient (Wildman–Crippen LogP) is 2.73. The van der Waals surface area contributed by atoms with E-state index in [1.165, 1.54) is 12.1 Å². The van der Waals surface area contributed by atoms with E-state index in [0.29, 0.717) is 0 Å². The van der Waals surface area contributed by atoms with Gasteiger partial charge in [0, 0.05) is 6.04 Å². The fourth-order valence-corrected chi connectivity index (χ4v) is 1.30. The van der Waals surface area contributed by atoms with Crippen molar-refractivity contribution in [2.45, 2.75) is 25.6 Å². The molecule has 15 heavy (non-hydrogen) atoms. The van der Waals surface area contributed by atoms with E-state index in [-0.39, 0.29) is 18.0 Å². The molecule has 1 aromatic carbocycles. The number of alkyl halides is 3. The zero-order valence-corrected chi connectivity index (χ0v) is 8.11. The maximum Gasteiger partial charge on any atom is 0.419 e. The van der Waals surface area contributed by atoms with Crippen molar-refractivity contribution in [3.8, 4) is 0 Å². The quantitative estimate of drug-likeness (QED) is 0.763. The SMILES string of the molecule is C[C@H](N)Cc1cccc(C(F)(F)F)c1F. The average Bonchev–Trinajstić information content (AvgIpc) is 2.05. The third-order valence-electron chi connectivity index (χ3n) is 1.93. The van der Waals surface area contributed by atoms with Gasteiger partial charge in [-0.3, -0.25) is 0 Å². The minimum atomic E-state index is -4.65. The Kier molecular flexibility index (Phi) is 3.34. The van der Waals surface area contributed by atoms with Gasteiger partial charge >= 0.3 is 6.18 Å². The lowest BCUT2D eigenvalue weighted by molar-refractivity contribution is -0.140. The van der Waals surface area contributed by atoms with Crippen LogP contribution in [0, 0.1) is 5.82 Å². The van der Waals surface area contributed by atoms with Crippen LogP contribution in [0.5, 0.6) is 0 Å². The second-order valence-electron chi connectivity index (χ2n) is 3.46. The van der Waals surface area contributed by atoms with E-state index < -0.39 is 17.6 Å². The second-order valence-corrected chi connectivity index (χ2v) is 3.46. The van der Waals surface area contributed by atoms with E-state index in [0.717, 1.165) is 6.07 Å². The number of hydrogen-bond acceptors (Lipinski definition) is 1. The van der Waals surface area contributed by atoms with Crippen molar-refractivity contribution >= 4 is 0 Å². The Bertz CT molecular complexity index is 344. The summed E-state index contributed by atoms with van der Waals surface area (Å²) in [5, 5.41) is 0. The van der Waals surface area contributed by atoms with Crippen molar-refractivity contribution in [2.24, 2.45) is 5.73 Å². The molecule has 0 fully saturated rings. The van der Waals surface area contributed by atoms with Crippen molar-refractivity contribution in [1.29, 1.82) is 0 Å². The summed E-state index contributed by atoms with van der Waals surface area (Å²) in [6.45, 7) is 1.61. The summed E-state index contributed by atoms with van der Waals surface area (Å²) in [5.41, 5.74) is 4.17. The Morgan fingerprint density at radius 3 is 2.40 bits per heavy atom. The molecule has 84 valence electrons. The second kappa shape index (κ2) is 4.18. The summed E-state index contributed by atoms with van der Waals surface area (Å²) in [6.07, 6.45) is -4.56. The van der Waals surface area contributed by atoms with Gasteiger partial charge in [0.2, 0.25) is 0 Å². The largest absolute Gasteiger partial charge is 0.419 e. The van der Waals surface area contributed by atoms with Gasteiger partial charge in [0.25, 0.3) is 0 Å². The highest BCUT2D eigenvalue weighted by Crippen LogP contribution is 2.32. The standard InChI is InChI=1S/C10H11F4N/c1-6(15)5-7-3-2-4-8(9(7)11)10(12,13)14/h2-4,6H,5,15H2,1H3/t6-/m0/s1. The minimum absolute atomic E-state index is 0.000162. The molecule has 5 heteroatoms. The number of benzene rings is 1. The highest BCUT2D eigenvalue weighted by Gasteiger charge is 2.34. The molecule has 0 spiro atoms. The molecule has 1 nitrogen and oxygen atoms in total. The topological polar surface area (TPSA) is 26.0 Å². The van der Waals surface area contributed by atoms with E-state index in [1.54, 1.807) is 6.92 Å². The fourth-order valence-electron chi connectivity index (χ4n) is 1.30. The first-order chi connectivity index (χ1) is 6.82. The number of hydrogen-bond donors (Lipinski definition) is 1. The van der Waals surface area contributed by atoms with Gasteiger partial charge in [0.1, 0.15) is 5.82 Å². The van der Waals surface area contributed by atoms with E-state index in [9.17, 15) is 17.6 Å². The van der Waals surface area contributed by atoms with Gasteiger partial charge in [-0.05, 0) is 25.0 Å². The van der Waals surface area contributed by atoms with E-state index in [4.69, 9.17) is 5.73 Å². The minimum Gasteiger partial charge on any atom is -0.328 e. The number of nitrogens with two attached hydrogens (primary N) is 1. The summed E-state index contributed by atoms with van der Waals surface area (Å²) >= 11 is 0. The van der Waals surface area contributed by atoms with Crippen molar-refractivity contribution in [3.05, 3.63) is 35.1 Å². The van der Waals surface area contributed by atoms with E-state index >= 15 is 0 Å². The van der Waals surface area contributed by atoms with Crippen LogP contribution < -0.4 is 5.73 Å². The first-order valence-electron chi connectivity index (χ1n) is 4.42. The lowest BCUT2D eigenvalue weighted by Crippen LogP contribution is -2.19. The normalized spacial score (nSPS) is 14.0. The monoisotopic (exact) mass is 221 g/mol. The Labute approximate surface area is 84.9 Å². The van der Waals surface area contributed by atoms with Crippen LogP contribution in [-0.2, 0) is 12.6 Å². The van der Waals surface area contributed by atoms with Crippen molar-refractivity contribution in [2.75, 3.05) is 0 Å². The van der Waals surface area contributed by atoms with Gasteiger partial charge in [-0.1, -0.05) is 12.1 Å². The molecule has 1 rings (SSSR count). The predicted molar refractivity (Wildman–Crippen MR) is 48.8 cm³/mol. The Hall–Kier alpha value is -1.10. The van der Waals surface area contributed by atoms with E-state index in [2.05, 4.69) is 0 Å².